The molecule has 0 radical (unpaired) electrons. The minimum atomic E-state index is -2.06. The first kappa shape index (κ1) is 68.9. The smallest absolute Gasteiger partial charge is 0.328 e. The lowest BCUT2D eigenvalue weighted by atomic mass is 9.73. The Morgan fingerprint density at radius 2 is 1.08 bits per heavy atom. The Kier molecular flexibility index (Phi) is 21.3. The molecule has 494 valence electrons. The second-order valence-electron chi connectivity index (χ2n) is 21.8. The summed E-state index contributed by atoms with van der Waals surface area (Å²) in [4.78, 5) is 177. The summed E-state index contributed by atoms with van der Waals surface area (Å²) in [6.45, 7) is 12.2. The molecule has 4 aromatic carbocycles. The van der Waals surface area contributed by atoms with Crippen molar-refractivity contribution in [2.45, 2.75) is 163 Å². The molecule has 0 unspecified atom stereocenters. The summed E-state index contributed by atoms with van der Waals surface area (Å²) in [7, 11) is 1.23. The number of hydrogen-bond acceptors (Lipinski definition) is 28. The van der Waals surface area contributed by atoms with Gasteiger partial charge >= 0.3 is 59.7 Å². The van der Waals surface area contributed by atoms with Gasteiger partial charge in [-0.1, -0.05) is 36.4 Å². The van der Waals surface area contributed by atoms with Gasteiger partial charge in [-0.15, -0.1) is 0 Å². The van der Waals surface area contributed by atoms with Crippen LogP contribution in [0.4, 0.5) is 0 Å². The van der Waals surface area contributed by atoms with E-state index in [1.807, 2.05) is 0 Å². The molecule has 2 saturated heterocycles. The van der Waals surface area contributed by atoms with Crippen LogP contribution in [0.15, 0.2) is 54.6 Å². The van der Waals surface area contributed by atoms with Crippen LogP contribution in [0, 0.1) is 6.92 Å². The number of rotatable bonds is 19. The van der Waals surface area contributed by atoms with Crippen LogP contribution in [0.3, 0.4) is 0 Å². The van der Waals surface area contributed by atoms with Gasteiger partial charge in [-0.05, 0) is 49.6 Å². The van der Waals surface area contributed by atoms with Crippen LogP contribution in [0.5, 0.6) is 23.0 Å². The number of benzene rings is 4. The van der Waals surface area contributed by atoms with Gasteiger partial charge in [0.1, 0.15) is 36.4 Å². The lowest BCUT2D eigenvalue weighted by Crippen LogP contribution is -2.65. The van der Waals surface area contributed by atoms with Gasteiger partial charge in [0.25, 0.3) is 5.91 Å². The highest BCUT2D eigenvalue weighted by Crippen LogP contribution is 2.59. The van der Waals surface area contributed by atoms with Crippen LogP contribution in [0.1, 0.15) is 153 Å². The van der Waals surface area contributed by atoms with Crippen molar-refractivity contribution in [3.05, 3.63) is 105 Å². The molecule has 2 aliphatic carbocycles. The average Bonchev–Trinajstić information content (AvgIpc) is 0.700. The van der Waals surface area contributed by atoms with Gasteiger partial charge in [-0.3, -0.25) is 57.5 Å². The van der Waals surface area contributed by atoms with Crippen LogP contribution in [0.25, 0.3) is 11.1 Å². The van der Waals surface area contributed by atoms with Crippen molar-refractivity contribution in [2.75, 3.05) is 13.7 Å². The molecule has 4 aliphatic rings. The summed E-state index contributed by atoms with van der Waals surface area (Å²) in [5.74, 6) is -15.0. The van der Waals surface area contributed by atoms with Crippen molar-refractivity contribution in [2.24, 2.45) is 0 Å². The van der Waals surface area contributed by atoms with Crippen molar-refractivity contribution in [1.82, 2.24) is 5.32 Å². The lowest BCUT2D eigenvalue weighted by Gasteiger charge is -2.48. The number of amides is 1. The predicted octanol–water partition coefficient (Wildman–Crippen LogP) is 4.90. The Hall–Kier alpha value is -9.97. The number of hydrogen-bond donors (Lipinski definition) is 1. The van der Waals surface area contributed by atoms with Crippen molar-refractivity contribution in [1.29, 1.82) is 0 Å². The van der Waals surface area contributed by atoms with E-state index >= 15 is 14.4 Å². The predicted molar refractivity (Wildman–Crippen MR) is 309 cm³/mol. The van der Waals surface area contributed by atoms with Gasteiger partial charge in [0.05, 0.1) is 36.5 Å². The summed E-state index contributed by atoms with van der Waals surface area (Å²) in [5.41, 5.74) is -3.55. The Bertz CT molecular complexity index is 3740. The van der Waals surface area contributed by atoms with Crippen LogP contribution in [-0.2, 0) is 107 Å². The normalized spacial score (nSPS) is 22.8. The summed E-state index contributed by atoms with van der Waals surface area (Å²) in [6, 6.07) is 11.8. The highest BCUT2D eigenvalue weighted by Gasteiger charge is 2.57. The SMILES string of the molecule is COc1cc(OC(C)=O)c2c(c1)C(=O)c1c(cc3c(c1OC(C)=O)-c1c(cc(C)c(C(=O)N[C@H](C)C(=O)OCc4ccccc4)c1OC(C)=O)[C@H](O[C@@H]1O[C@H](C)[C@H](OC(C)=O)[C@H](O[C@@H]4OC[C@@H](OC(C)=O)[C@H](OC(C)=O)[C@H]4OC(C)=O)[C@H]1OC(C)=O)[C@H]3OC(C)=O)C2=O. The Morgan fingerprint density at radius 3 is 1.66 bits per heavy atom. The second kappa shape index (κ2) is 28.7. The van der Waals surface area contributed by atoms with Crippen molar-refractivity contribution < 1.29 is 133 Å². The highest BCUT2D eigenvalue weighted by molar-refractivity contribution is 6.31. The van der Waals surface area contributed by atoms with E-state index in [4.69, 9.17) is 71.1 Å². The molecule has 2 aliphatic heterocycles. The number of carbonyl (C=O) groups excluding carboxylic acids is 13. The van der Waals surface area contributed by atoms with Gasteiger partial charge in [0.15, 0.2) is 72.3 Å². The Morgan fingerprint density at radius 1 is 0.548 bits per heavy atom. The largest absolute Gasteiger partial charge is 0.497 e. The number of esters is 10. The van der Waals surface area contributed by atoms with E-state index in [9.17, 15) is 47.9 Å². The molecule has 8 rings (SSSR count). The molecule has 2 fully saturated rings. The zero-order valence-electron chi connectivity index (χ0n) is 52.5. The molecular formula is C64H65NO28. The molecule has 4 aromatic rings. The topological polar surface area (TPSA) is 372 Å². The average molecular weight is 1300 g/mol. The van der Waals surface area contributed by atoms with E-state index in [0.29, 0.717) is 5.56 Å². The molecule has 12 atom stereocenters. The number of methoxy groups -OCH3 is 1. The van der Waals surface area contributed by atoms with Crippen molar-refractivity contribution >= 4 is 77.2 Å². The number of nitrogens with one attached hydrogen (secondary N) is 1. The molecule has 29 heteroatoms. The van der Waals surface area contributed by atoms with Crippen molar-refractivity contribution in [3.8, 4) is 34.1 Å². The molecule has 93 heavy (non-hydrogen) atoms. The number of fused-ring (bicyclic) bond motifs is 5. The van der Waals surface area contributed by atoms with E-state index in [0.717, 1.165) is 80.5 Å². The van der Waals surface area contributed by atoms with Gasteiger partial charge in [0.2, 0.25) is 0 Å². The van der Waals surface area contributed by atoms with Crippen LogP contribution >= 0.6 is 0 Å². The van der Waals surface area contributed by atoms with E-state index in [2.05, 4.69) is 5.32 Å². The fraction of sp³-hybridized carbons (Fsp3) is 0.422. The molecule has 0 aromatic heterocycles. The molecular weight excluding hydrogens is 1230 g/mol. The third-order valence-corrected chi connectivity index (χ3v) is 14.6. The lowest BCUT2D eigenvalue weighted by molar-refractivity contribution is -0.355. The molecule has 1 N–H and O–H groups in total. The second-order valence-corrected chi connectivity index (χ2v) is 21.8. The Labute approximate surface area is 530 Å². The molecule has 29 nitrogen and oxygen atoms in total. The first-order valence-electron chi connectivity index (χ1n) is 28.8. The van der Waals surface area contributed by atoms with Crippen LogP contribution in [0.2, 0.25) is 0 Å². The van der Waals surface area contributed by atoms with E-state index < -0.39 is 214 Å². The van der Waals surface area contributed by atoms with Crippen LogP contribution < -0.4 is 24.3 Å². The minimum absolute atomic E-state index is 0.0731. The standard InChI is InChI=1S/C64H65NO28/c1-25-19-41-47(56(88-33(9)71)45(25)61(77)65-26(2)62(78)80-23-37-17-15-14-16-18-37)48-42(22-40-49(57(48)89-34(10)72)51(76)39-20-38(79-13)21-43(83-28(4)66)46(39)50(40)75)53(86-31(7)69)54(41)92-64-60(91-36(12)74)58(52(27(3)82-64)85-30(6)68)93-63-59(90-35(11)73)55(87-32(8)70)44(24-81-63)84-29(5)67/h14-22,26-27,44,52-55,58-60,63-64H,23-24H2,1-13H3,(H,65,77)/t26-,27-,44-,52+,53+,54+,55+,58+,59-,60-,63+,64+/m1/s1. The first-order chi connectivity index (χ1) is 43.9. The molecule has 1 amide bonds. The number of ketones is 2. The first-order valence-corrected chi connectivity index (χ1v) is 28.8. The Balaban J connectivity index is 1.39. The van der Waals surface area contributed by atoms with Gasteiger partial charge in [0, 0.05) is 96.2 Å². The van der Waals surface area contributed by atoms with Gasteiger partial charge < -0.3 is 76.4 Å². The third kappa shape index (κ3) is 15.2. The number of aryl methyl sites for hydroxylation is 1. The van der Waals surface area contributed by atoms with Crippen LogP contribution in [-0.4, -0.2) is 152 Å². The summed E-state index contributed by atoms with van der Waals surface area (Å²) >= 11 is 0. The van der Waals surface area contributed by atoms with E-state index in [1.165, 1.54) is 33.9 Å². The number of ether oxygens (including phenoxy) is 15. The van der Waals surface area contributed by atoms with Gasteiger partial charge in [-0.25, -0.2) is 4.79 Å². The zero-order chi connectivity index (χ0) is 68.2. The van der Waals surface area contributed by atoms with E-state index in [1.54, 1.807) is 30.3 Å². The summed E-state index contributed by atoms with van der Waals surface area (Å²) in [6.07, 6.45) is -19.6. The highest BCUT2D eigenvalue weighted by atomic mass is 16.8. The maximum Gasteiger partial charge on any atom is 0.328 e. The minimum Gasteiger partial charge on any atom is -0.497 e. The molecule has 0 bridgehead atoms. The summed E-state index contributed by atoms with van der Waals surface area (Å²) in [5, 5.41) is 2.56. The van der Waals surface area contributed by atoms with E-state index in [-0.39, 0.29) is 29.0 Å². The fourth-order valence-electron chi connectivity index (χ4n) is 11.2. The quantitative estimate of drug-likeness (QED) is 0.0652. The third-order valence-electron chi connectivity index (χ3n) is 14.6. The maximum absolute atomic E-state index is 15.4. The fourth-order valence-corrected chi connectivity index (χ4v) is 11.2. The zero-order valence-corrected chi connectivity index (χ0v) is 52.5. The maximum atomic E-state index is 15.4. The van der Waals surface area contributed by atoms with Gasteiger partial charge in [-0.2, -0.15) is 0 Å². The molecule has 0 spiro atoms. The monoisotopic (exact) mass is 1300 g/mol. The molecule has 0 saturated carbocycles. The van der Waals surface area contributed by atoms with Crippen molar-refractivity contribution in [3.63, 3.8) is 0 Å². The number of carbonyl (C=O) groups is 13. The molecule has 2 heterocycles. The summed E-state index contributed by atoms with van der Waals surface area (Å²) < 4.78 is 88.7.